The zero-order valence-electron chi connectivity index (χ0n) is 14.5. The maximum Gasteiger partial charge on any atom is 0.460 e. The first-order valence-electron chi connectivity index (χ1n) is 7.38. The molecule has 0 aliphatic heterocycles. The molecule has 0 spiro atoms. The molecule has 192 valence electrons. The summed E-state index contributed by atoms with van der Waals surface area (Å²) < 4.78 is 223. The van der Waals surface area contributed by atoms with Crippen LogP contribution in [0.4, 0.5) is 74.6 Å². The molecule has 0 aliphatic rings. The van der Waals surface area contributed by atoms with Gasteiger partial charge in [0.05, 0.1) is 0 Å². The zero-order chi connectivity index (χ0) is 26.7. The molecule has 0 bridgehead atoms. The highest BCUT2D eigenvalue weighted by Gasteiger charge is 2.95. The monoisotopic (exact) mass is 562 g/mol. The summed E-state index contributed by atoms with van der Waals surface area (Å²) in [4.78, 5) is -1.14. The Bertz CT molecular complexity index is 842. The minimum Gasteiger partial charge on any atom is -0.192 e. The number of rotatable bonds is 8. The van der Waals surface area contributed by atoms with Crippen LogP contribution < -0.4 is 0 Å². The molecule has 0 atom stereocenters. The van der Waals surface area contributed by atoms with Crippen LogP contribution in [0, 0.1) is 0 Å². The van der Waals surface area contributed by atoms with Crippen LogP contribution in [-0.2, 0) is 0 Å². The molecule has 0 radical (unpaired) electrons. The van der Waals surface area contributed by atoms with E-state index in [1.54, 1.807) is 0 Å². The van der Waals surface area contributed by atoms with Crippen molar-refractivity contribution in [2.45, 2.75) is 51.9 Å². The molecule has 33 heavy (non-hydrogen) atoms. The van der Waals surface area contributed by atoms with Crippen LogP contribution in [0.2, 0.25) is 5.02 Å². The molecule has 1 aromatic carbocycles. The number of alkyl halides is 17. The lowest BCUT2D eigenvalue weighted by Gasteiger charge is -2.42. The Morgan fingerprint density at radius 1 is 0.455 bits per heavy atom. The van der Waals surface area contributed by atoms with Gasteiger partial charge in [0.15, 0.2) is 0 Å². The Morgan fingerprint density at radius 2 is 0.758 bits per heavy atom. The molecule has 0 aliphatic carbocycles. The molecule has 1 aromatic rings. The number of benzene rings is 1. The fourth-order valence-corrected chi connectivity index (χ4v) is 2.81. The topological polar surface area (TPSA) is 0 Å². The van der Waals surface area contributed by atoms with Crippen molar-refractivity contribution < 1.29 is 74.6 Å². The quantitative estimate of drug-likeness (QED) is 0.227. The van der Waals surface area contributed by atoms with Crippen molar-refractivity contribution in [1.29, 1.82) is 0 Å². The summed E-state index contributed by atoms with van der Waals surface area (Å²) in [6.45, 7) is 0. The van der Waals surface area contributed by atoms with Gasteiger partial charge in [0.2, 0.25) is 0 Å². The van der Waals surface area contributed by atoms with Crippen molar-refractivity contribution in [3.05, 3.63) is 29.3 Å². The van der Waals surface area contributed by atoms with Crippen molar-refractivity contribution in [2.75, 3.05) is 0 Å². The number of hydrogen-bond donors (Lipinski definition) is 0. The minimum absolute atomic E-state index is 0.251. The van der Waals surface area contributed by atoms with Gasteiger partial charge in [-0.05, 0) is 36.0 Å². The van der Waals surface area contributed by atoms with Crippen LogP contribution in [0.3, 0.4) is 0 Å². The summed E-state index contributed by atoms with van der Waals surface area (Å²) in [7, 11) is 0. The lowest BCUT2D eigenvalue weighted by Crippen LogP contribution is -2.74. The molecular formula is C14H4ClF17S. The van der Waals surface area contributed by atoms with E-state index in [9.17, 15) is 74.6 Å². The molecule has 0 nitrogen and oxygen atoms in total. The van der Waals surface area contributed by atoms with E-state index >= 15 is 0 Å². The Hall–Kier alpha value is -1.33. The molecule has 0 N–H and O–H groups in total. The van der Waals surface area contributed by atoms with Gasteiger partial charge in [0, 0.05) is 9.92 Å². The number of halogens is 18. The molecule has 1 rings (SSSR count). The second-order valence-corrected chi connectivity index (χ2v) is 7.64. The van der Waals surface area contributed by atoms with Gasteiger partial charge in [0.25, 0.3) is 0 Å². The number of hydrogen-bond acceptors (Lipinski definition) is 1. The van der Waals surface area contributed by atoms with Gasteiger partial charge < -0.3 is 0 Å². The van der Waals surface area contributed by atoms with Crippen LogP contribution in [0.5, 0.6) is 0 Å². The first kappa shape index (κ1) is 29.7. The lowest BCUT2D eigenvalue weighted by molar-refractivity contribution is -0.458. The van der Waals surface area contributed by atoms with Gasteiger partial charge in [-0.1, -0.05) is 11.6 Å². The van der Waals surface area contributed by atoms with Crippen LogP contribution in [0.25, 0.3) is 0 Å². The Labute approximate surface area is 180 Å². The summed E-state index contributed by atoms with van der Waals surface area (Å²) in [5, 5.41) is -6.79. The zero-order valence-corrected chi connectivity index (χ0v) is 16.1. The van der Waals surface area contributed by atoms with E-state index in [1.807, 2.05) is 0 Å². The highest BCUT2D eigenvalue weighted by Crippen LogP contribution is 2.65. The van der Waals surface area contributed by atoms with E-state index in [0.29, 0.717) is 24.3 Å². The van der Waals surface area contributed by atoms with E-state index < -0.39 is 63.6 Å². The molecule has 0 fully saturated rings. The van der Waals surface area contributed by atoms with Crippen molar-refractivity contribution >= 4 is 23.4 Å². The second kappa shape index (κ2) is 8.12. The SMILES string of the molecule is FC(F)(F)C(F)(F)C(F)(F)C(F)(F)C(F)(F)C(F)(F)C(F)(F)C(F)(F)Sc1ccc(Cl)cc1. The number of thioether (sulfide) groups is 1. The highest BCUT2D eigenvalue weighted by atomic mass is 35.5. The van der Waals surface area contributed by atoms with Crippen molar-refractivity contribution in [3.8, 4) is 0 Å². The molecule has 0 unspecified atom stereocenters. The second-order valence-electron chi connectivity index (χ2n) is 6.02. The standard InChI is InChI=1S/C14H4ClF17S/c15-5-1-3-6(4-2-5)33-14(31,32)12(26,27)10(22,23)8(18,19)7(16,17)9(20,21)11(24,25)13(28,29)30/h1-4H. The maximum atomic E-state index is 13.7. The third-order valence-corrected chi connectivity index (χ3v) is 5.03. The molecule has 0 heterocycles. The van der Waals surface area contributed by atoms with E-state index in [2.05, 4.69) is 0 Å². The van der Waals surface area contributed by atoms with Gasteiger partial charge in [-0.3, -0.25) is 0 Å². The van der Waals surface area contributed by atoms with Crippen LogP contribution in [0.15, 0.2) is 29.2 Å². The summed E-state index contributed by atoms with van der Waals surface area (Å²) in [6.07, 6.45) is -7.78. The third-order valence-electron chi connectivity index (χ3n) is 3.75. The van der Waals surface area contributed by atoms with E-state index in [1.165, 1.54) is 0 Å². The molecule has 0 saturated heterocycles. The predicted octanol–water partition coefficient (Wildman–Crippen LogP) is 8.40. The van der Waals surface area contributed by atoms with E-state index in [0.717, 1.165) is 0 Å². The first-order valence-corrected chi connectivity index (χ1v) is 8.58. The summed E-state index contributed by atoms with van der Waals surface area (Å²) >= 11 is 3.62. The molecule has 0 aromatic heterocycles. The summed E-state index contributed by atoms with van der Waals surface area (Å²) in [5.74, 6) is -49.9. The average molecular weight is 563 g/mol. The van der Waals surface area contributed by atoms with Crippen molar-refractivity contribution in [2.24, 2.45) is 0 Å². The predicted molar refractivity (Wildman–Crippen MR) is 78.0 cm³/mol. The van der Waals surface area contributed by atoms with Gasteiger partial charge in [-0.15, -0.1) is 0 Å². The fraction of sp³-hybridized carbons (Fsp3) is 0.571. The molecule has 0 amide bonds. The van der Waals surface area contributed by atoms with Crippen molar-refractivity contribution in [3.63, 3.8) is 0 Å². The fourth-order valence-electron chi connectivity index (χ4n) is 1.86. The van der Waals surface area contributed by atoms with E-state index in [-0.39, 0.29) is 5.02 Å². The Balaban J connectivity index is 3.57. The molecule has 19 heteroatoms. The van der Waals surface area contributed by atoms with Crippen LogP contribution in [-0.4, -0.2) is 47.0 Å². The summed E-state index contributed by atoms with van der Waals surface area (Å²) in [5.41, 5.74) is 0. The Kier molecular flexibility index (Phi) is 7.31. The van der Waals surface area contributed by atoms with Crippen LogP contribution >= 0.6 is 23.4 Å². The van der Waals surface area contributed by atoms with Gasteiger partial charge in [0.1, 0.15) is 0 Å². The normalized spacial score (nSPS) is 15.7. The van der Waals surface area contributed by atoms with Crippen LogP contribution in [0.1, 0.15) is 0 Å². The van der Waals surface area contributed by atoms with Crippen molar-refractivity contribution in [1.82, 2.24) is 0 Å². The smallest absolute Gasteiger partial charge is 0.192 e. The molecular weight excluding hydrogens is 559 g/mol. The first-order chi connectivity index (χ1) is 14.2. The average Bonchev–Trinajstić information content (AvgIpc) is 2.61. The highest BCUT2D eigenvalue weighted by molar-refractivity contribution is 8.00. The molecule has 0 saturated carbocycles. The Morgan fingerprint density at radius 3 is 1.09 bits per heavy atom. The summed E-state index contributed by atoms with van der Waals surface area (Å²) in [6, 6.07) is 2.19. The van der Waals surface area contributed by atoms with E-state index in [4.69, 9.17) is 11.6 Å². The lowest BCUT2D eigenvalue weighted by atomic mass is 9.91. The largest absolute Gasteiger partial charge is 0.460 e. The minimum atomic E-state index is -8.63. The van der Waals surface area contributed by atoms with Gasteiger partial charge in [-0.25, -0.2) is 0 Å². The third kappa shape index (κ3) is 4.29. The van der Waals surface area contributed by atoms with Gasteiger partial charge >= 0.3 is 47.0 Å². The van der Waals surface area contributed by atoms with Gasteiger partial charge in [-0.2, -0.15) is 74.6 Å². The maximum absolute atomic E-state index is 13.7.